The lowest BCUT2D eigenvalue weighted by Crippen LogP contribution is -2.09. The molecule has 0 amide bonds. The molecule has 0 heterocycles. The van der Waals surface area contributed by atoms with E-state index in [2.05, 4.69) is 86.1 Å². The number of hydrogen-bond donors (Lipinski definition) is 0. The zero-order chi connectivity index (χ0) is 45.4. The first-order valence-electron chi connectivity index (χ1n) is 20.6. The Labute approximate surface area is 348 Å². The van der Waals surface area contributed by atoms with Gasteiger partial charge in [0.1, 0.15) is 0 Å². The lowest BCUT2D eigenvalue weighted by atomic mass is 10.0. The van der Waals surface area contributed by atoms with E-state index in [9.17, 15) is 24.0 Å². The van der Waals surface area contributed by atoms with Crippen molar-refractivity contribution in [2.75, 3.05) is 33.5 Å². The molecule has 0 saturated heterocycles. The summed E-state index contributed by atoms with van der Waals surface area (Å²) in [7, 11) is 1.33. The molecule has 0 spiro atoms. The molecule has 0 aromatic heterocycles. The quantitative estimate of drug-likeness (QED) is 0.0402. The third-order valence-corrected chi connectivity index (χ3v) is 8.04. The van der Waals surface area contributed by atoms with Crippen LogP contribution >= 0.6 is 0 Å². The third-order valence-electron chi connectivity index (χ3n) is 8.04. The molecule has 1 unspecified atom stereocenters. The Morgan fingerprint density at radius 2 is 0.772 bits per heavy atom. The molecule has 0 aromatic carbocycles. The predicted octanol–water partition coefficient (Wildman–Crippen LogP) is 11.8. The van der Waals surface area contributed by atoms with E-state index < -0.39 is 0 Å². The van der Waals surface area contributed by atoms with Gasteiger partial charge in [-0.3, -0.25) is 0 Å². The fourth-order valence-electron chi connectivity index (χ4n) is 3.67. The van der Waals surface area contributed by atoms with Crippen molar-refractivity contribution < 1.29 is 47.7 Å². The van der Waals surface area contributed by atoms with Crippen molar-refractivity contribution in [3.63, 3.8) is 0 Å². The van der Waals surface area contributed by atoms with E-state index in [0.29, 0.717) is 72.0 Å². The van der Waals surface area contributed by atoms with Gasteiger partial charge >= 0.3 is 29.8 Å². The van der Waals surface area contributed by atoms with E-state index in [1.54, 1.807) is 34.6 Å². The number of ether oxygens (including phenoxy) is 5. The molecule has 0 aliphatic rings. The maximum Gasteiger partial charge on any atom is 0.333 e. The van der Waals surface area contributed by atoms with E-state index in [4.69, 9.17) is 18.9 Å². The van der Waals surface area contributed by atoms with E-state index in [1.165, 1.54) is 32.8 Å². The number of methoxy groups -OCH3 is 1. The minimum atomic E-state index is -0.347. The van der Waals surface area contributed by atoms with Gasteiger partial charge in [-0.2, -0.15) is 0 Å². The van der Waals surface area contributed by atoms with Gasteiger partial charge in [0, 0.05) is 27.9 Å². The Morgan fingerprint density at radius 3 is 1.07 bits per heavy atom. The maximum atomic E-state index is 11.0. The molecular formula is C47H84O10. The number of carbonyl (C=O) groups excluding carboxylic acids is 5. The van der Waals surface area contributed by atoms with Crippen LogP contribution in [0.1, 0.15) is 160 Å². The molecule has 0 aliphatic carbocycles. The second-order valence-corrected chi connectivity index (χ2v) is 14.7. The molecule has 0 bridgehead atoms. The summed E-state index contributed by atoms with van der Waals surface area (Å²) in [6, 6.07) is 0. The van der Waals surface area contributed by atoms with Gasteiger partial charge in [0.05, 0.1) is 33.5 Å². The summed E-state index contributed by atoms with van der Waals surface area (Å²) in [5.41, 5.74) is 2.33. The van der Waals surface area contributed by atoms with Crippen molar-refractivity contribution in [3.05, 3.63) is 60.8 Å². The molecule has 0 radical (unpaired) electrons. The van der Waals surface area contributed by atoms with Crippen molar-refractivity contribution in [3.8, 4) is 0 Å². The van der Waals surface area contributed by atoms with Gasteiger partial charge in [-0.25, -0.2) is 24.0 Å². The summed E-state index contributed by atoms with van der Waals surface area (Å²) >= 11 is 0. The van der Waals surface area contributed by atoms with Gasteiger partial charge in [0.25, 0.3) is 0 Å². The minimum Gasteiger partial charge on any atom is -0.466 e. The average molecular weight is 809 g/mol. The average Bonchev–Trinajstić information content (AvgIpc) is 3.16. The van der Waals surface area contributed by atoms with Gasteiger partial charge < -0.3 is 23.7 Å². The molecule has 0 N–H and O–H groups in total. The number of carbonyl (C=O) groups is 5. The lowest BCUT2D eigenvalue weighted by Gasteiger charge is -2.11. The van der Waals surface area contributed by atoms with Crippen LogP contribution in [0.5, 0.6) is 0 Å². The molecular weight excluding hydrogens is 725 g/mol. The molecule has 0 aromatic rings. The van der Waals surface area contributed by atoms with E-state index in [-0.39, 0.29) is 29.8 Å². The molecule has 0 rings (SSSR count). The predicted molar refractivity (Wildman–Crippen MR) is 236 cm³/mol. The molecule has 0 saturated carbocycles. The van der Waals surface area contributed by atoms with Crippen LogP contribution in [0.15, 0.2) is 60.8 Å². The number of rotatable bonds is 24. The molecule has 10 heteroatoms. The fraction of sp³-hybridized carbons (Fsp3) is 0.681. The van der Waals surface area contributed by atoms with Crippen molar-refractivity contribution in [1.82, 2.24) is 0 Å². The number of hydrogen-bond acceptors (Lipinski definition) is 10. The summed E-state index contributed by atoms with van der Waals surface area (Å²) in [6.45, 7) is 42.7. The van der Waals surface area contributed by atoms with E-state index >= 15 is 0 Å². The monoisotopic (exact) mass is 809 g/mol. The third kappa shape index (κ3) is 50.0. The van der Waals surface area contributed by atoms with Crippen molar-refractivity contribution >= 4 is 29.8 Å². The van der Waals surface area contributed by atoms with Gasteiger partial charge in [-0.1, -0.05) is 133 Å². The van der Waals surface area contributed by atoms with Gasteiger partial charge in [0.2, 0.25) is 0 Å². The van der Waals surface area contributed by atoms with Crippen LogP contribution in [0.25, 0.3) is 0 Å². The highest BCUT2D eigenvalue weighted by Crippen LogP contribution is 2.12. The van der Waals surface area contributed by atoms with Crippen LogP contribution in [-0.4, -0.2) is 63.4 Å². The van der Waals surface area contributed by atoms with E-state index in [1.807, 2.05) is 0 Å². The highest BCUT2D eigenvalue weighted by molar-refractivity contribution is 5.88. The zero-order valence-electron chi connectivity index (χ0n) is 38.7. The van der Waals surface area contributed by atoms with Crippen LogP contribution < -0.4 is 0 Å². The van der Waals surface area contributed by atoms with Gasteiger partial charge in [-0.05, 0) is 78.1 Å². The minimum absolute atomic E-state index is 0.265. The highest BCUT2D eigenvalue weighted by atomic mass is 16.5. The SMILES string of the molecule is C=C(C)C(=O)OC.C=C(C)C(=O)OCCC(C)C.C=C(C)C(=O)OCCC(C)CC.C=C(C)C(=O)OCCC(CC)CC.C=C(C)C(=O)OCCCCCCCC. The van der Waals surface area contributed by atoms with Crippen molar-refractivity contribution in [2.24, 2.45) is 17.8 Å². The smallest absolute Gasteiger partial charge is 0.333 e. The Hall–Kier alpha value is -3.95. The largest absolute Gasteiger partial charge is 0.466 e. The van der Waals surface area contributed by atoms with E-state index in [0.717, 1.165) is 51.4 Å². The Balaban J connectivity index is -0.000000201. The first kappa shape index (κ1) is 62.3. The summed E-state index contributed by atoms with van der Waals surface area (Å²) in [5, 5.41) is 0. The van der Waals surface area contributed by atoms with Crippen molar-refractivity contribution in [1.29, 1.82) is 0 Å². The lowest BCUT2D eigenvalue weighted by molar-refractivity contribution is -0.140. The highest BCUT2D eigenvalue weighted by Gasteiger charge is 2.07. The Morgan fingerprint density at radius 1 is 0.439 bits per heavy atom. The first-order chi connectivity index (χ1) is 26.6. The molecule has 10 nitrogen and oxygen atoms in total. The first-order valence-corrected chi connectivity index (χ1v) is 20.6. The van der Waals surface area contributed by atoms with Crippen LogP contribution in [0.4, 0.5) is 0 Å². The number of esters is 5. The second kappa shape index (κ2) is 43.2. The summed E-state index contributed by atoms with van der Waals surface area (Å²) in [5.74, 6) is 0.433. The summed E-state index contributed by atoms with van der Waals surface area (Å²) in [6.07, 6.45) is 13.5. The standard InChI is InChI=1S/C12H22O2.C11H20O2.C10H18O2.C9H16O2.C5H8O2/c1-4-5-6-7-8-9-10-14-12(13)11(2)3;1-5-10(6-2)7-8-13-11(12)9(3)4;1-5-9(4)6-7-12-10(11)8(2)3;1-7(2)5-6-11-9(10)8(3)4;1-4(2)5(6)7-3/h2,4-10H2,1,3H3;10H,3,5-8H2,1-2,4H3;9H,2,5-7H2,1,3-4H3;7H,3,5-6H2,1-2,4H3;1H2,2-3H3. The molecule has 57 heavy (non-hydrogen) atoms. The van der Waals surface area contributed by atoms with Gasteiger partial charge in [-0.15, -0.1) is 0 Å². The fourth-order valence-corrected chi connectivity index (χ4v) is 3.67. The maximum absolute atomic E-state index is 11.0. The van der Waals surface area contributed by atoms with Crippen LogP contribution in [0.3, 0.4) is 0 Å². The van der Waals surface area contributed by atoms with Crippen LogP contribution in [0.2, 0.25) is 0 Å². The molecule has 0 aliphatic heterocycles. The number of unbranched alkanes of at least 4 members (excludes halogenated alkanes) is 5. The molecule has 332 valence electrons. The normalized spacial score (nSPS) is 10.2. The Bertz CT molecular complexity index is 1160. The molecule has 0 fully saturated rings. The summed E-state index contributed by atoms with van der Waals surface area (Å²) < 4.78 is 24.1. The molecule has 1 atom stereocenters. The van der Waals surface area contributed by atoms with Gasteiger partial charge in [0.15, 0.2) is 0 Å². The summed E-state index contributed by atoms with van der Waals surface area (Å²) in [4.78, 5) is 53.8. The zero-order valence-corrected chi connectivity index (χ0v) is 38.7. The van der Waals surface area contributed by atoms with Crippen LogP contribution in [-0.2, 0) is 47.7 Å². The topological polar surface area (TPSA) is 132 Å². The Kier molecular flexibility index (Phi) is 47.2. The van der Waals surface area contributed by atoms with Crippen LogP contribution in [0, 0.1) is 17.8 Å². The second-order valence-electron chi connectivity index (χ2n) is 14.7. The van der Waals surface area contributed by atoms with Crippen molar-refractivity contribution in [2.45, 2.75) is 160 Å².